The number of aromatic nitrogens is 4. The Morgan fingerprint density at radius 1 is 1.12 bits per heavy atom. The van der Waals surface area contributed by atoms with Gasteiger partial charge in [-0.2, -0.15) is 4.98 Å². The fraction of sp³-hybridized carbons (Fsp3) is 0.389. The number of anilines is 1. The van der Waals surface area contributed by atoms with Gasteiger partial charge in [0, 0.05) is 38.2 Å². The first kappa shape index (κ1) is 17.1. The zero-order valence-corrected chi connectivity index (χ0v) is 16.4. The lowest BCUT2D eigenvalue weighted by molar-refractivity contribution is 0.654. The number of hydrogen-bond acceptors (Lipinski definition) is 4. The minimum Gasteiger partial charge on any atom is -0.338 e. The molecule has 4 rings (SSSR count). The Morgan fingerprint density at radius 2 is 1.88 bits per heavy atom. The van der Waals surface area contributed by atoms with Crippen molar-refractivity contribution in [3.05, 3.63) is 55.1 Å². The Balaban J connectivity index is 1.90. The van der Waals surface area contributed by atoms with Crippen molar-refractivity contribution in [3.8, 4) is 0 Å². The summed E-state index contributed by atoms with van der Waals surface area (Å²) in [6, 6.07) is 8.18. The molecule has 0 radical (unpaired) electrons. The van der Waals surface area contributed by atoms with Crippen LogP contribution in [0.2, 0.25) is 0 Å². The van der Waals surface area contributed by atoms with E-state index in [0.29, 0.717) is 17.7 Å². The van der Waals surface area contributed by atoms with Gasteiger partial charge in [-0.3, -0.25) is 13.9 Å². The molecular formula is C18H20BrN5O2. The number of aryl methyl sites for hydroxylation is 2. The summed E-state index contributed by atoms with van der Waals surface area (Å²) < 4.78 is 5.62. The number of imidazole rings is 1. The van der Waals surface area contributed by atoms with Gasteiger partial charge in [0.2, 0.25) is 5.95 Å². The second kappa shape index (κ2) is 6.42. The Hall–Kier alpha value is -2.35. The summed E-state index contributed by atoms with van der Waals surface area (Å²) in [7, 11) is 3.18. The van der Waals surface area contributed by atoms with E-state index in [4.69, 9.17) is 4.98 Å². The summed E-state index contributed by atoms with van der Waals surface area (Å²) >= 11 is 3.52. The molecule has 3 heterocycles. The first-order valence-electron chi connectivity index (χ1n) is 8.63. The summed E-state index contributed by atoms with van der Waals surface area (Å²) in [5, 5.41) is 0. The maximum absolute atomic E-state index is 12.7. The average Bonchev–Trinajstić information content (AvgIpc) is 2.90. The molecule has 2 aromatic heterocycles. The van der Waals surface area contributed by atoms with Crippen LogP contribution in [-0.2, 0) is 27.2 Å². The van der Waals surface area contributed by atoms with Crippen molar-refractivity contribution in [1.29, 1.82) is 0 Å². The van der Waals surface area contributed by atoms with E-state index in [1.54, 1.807) is 7.05 Å². The van der Waals surface area contributed by atoms with Gasteiger partial charge >= 0.3 is 5.69 Å². The molecule has 8 heteroatoms. The van der Waals surface area contributed by atoms with Crippen LogP contribution >= 0.6 is 15.9 Å². The van der Waals surface area contributed by atoms with Crippen LogP contribution in [-0.4, -0.2) is 25.2 Å². The highest BCUT2D eigenvalue weighted by molar-refractivity contribution is 9.10. The number of rotatable bonds is 2. The van der Waals surface area contributed by atoms with Gasteiger partial charge in [-0.05, 0) is 30.5 Å². The van der Waals surface area contributed by atoms with Crippen LogP contribution in [0.1, 0.15) is 18.4 Å². The van der Waals surface area contributed by atoms with E-state index < -0.39 is 0 Å². The standard InChI is InChI=1S/C18H20BrN5O2/c1-21-15-14(16(25)22(2)18(21)26)24-9-4-3-8-23(17(24)20-15)11-12-6-5-7-13(19)10-12/h5-7,10H,3-4,8-9,11H2,1-2H3. The van der Waals surface area contributed by atoms with Gasteiger partial charge in [-0.25, -0.2) is 4.79 Å². The van der Waals surface area contributed by atoms with Gasteiger partial charge in [0.05, 0.1) is 0 Å². The molecule has 0 amide bonds. The Kier molecular flexibility index (Phi) is 4.22. The van der Waals surface area contributed by atoms with Gasteiger partial charge in [0.1, 0.15) is 0 Å². The number of fused-ring (bicyclic) bond motifs is 3. The van der Waals surface area contributed by atoms with Gasteiger partial charge in [0.25, 0.3) is 5.56 Å². The van der Waals surface area contributed by atoms with Crippen LogP contribution in [0.5, 0.6) is 0 Å². The predicted octanol–water partition coefficient (Wildman–Crippen LogP) is 2.00. The number of halogens is 1. The van der Waals surface area contributed by atoms with Crippen LogP contribution in [0.15, 0.2) is 38.3 Å². The van der Waals surface area contributed by atoms with E-state index >= 15 is 0 Å². The largest absolute Gasteiger partial charge is 0.338 e. The predicted molar refractivity (Wildman–Crippen MR) is 105 cm³/mol. The van der Waals surface area contributed by atoms with E-state index in [1.165, 1.54) is 17.2 Å². The third-order valence-electron chi connectivity index (χ3n) is 4.93. The highest BCUT2D eigenvalue weighted by atomic mass is 79.9. The van der Waals surface area contributed by atoms with E-state index in [-0.39, 0.29) is 11.2 Å². The summed E-state index contributed by atoms with van der Waals surface area (Å²) in [6.45, 7) is 2.30. The molecule has 7 nitrogen and oxygen atoms in total. The molecule has 3 aromatic rings. The van der Waals surface area contributed by atoms with Gasteiger partial charge in [-0.15, -0.1) is 0 Å². The normalized spacial score (nSPS) is 14.5. The number of hydrogen-bond donors (Lipinski definition) is 0. The minimum absolute atomic E-state index is 0.286. The quantitative estimate of drug-likeness (QED) is 0.639. The third kappa shape index (κ3) is 2.68. The molecule has 0 saturated heterocycles. The zero-order chi connectivity index (χ0) is 18.4. The topological polar surface area (TPSA) is 65.1 Å². The highest BCUT2D eigenvalue weighted by Gasteiger charge is 2.24. The Labute approximate surface area is 158 Å². The lowest BCUT2D eigenvalue weighted by Gasteiger charge is -2.22. The molecule has 0 N–H and O–H groups in total. The lowest BCUT2D eigenvalue weighted by Crippen LogP contribution is -2.37. The molecule has 26 heavy (non-hydrogen) atoms. The van der Waals surface area contributed by atoms with Crippen molar-refractivity contribution in [2.75, 3.05) is 11.4 Å². The molecule has 0 aliphatic carbocycles. The monoisotopic (exact) mass is 417 g/mol. The fourth-order valence-electron chi connectivity index (χ4n) is 3.57. The second-order valence-corrected chi connectivity index (χ2v) is 7.62. The fourth-order valence-corrected chi connectivity index (χ4v) is 4.01. The van der Waals surface area contributed by atoms with Crippen molar-refractivity contribution >= 4 is 33.0 Å². The number of nitrogens with zero attached hydrogens (tertiary/aromatic N) is 5. The molecule has 0 fully saturated rings. The van der Waals surface area contributed by atoms with E-state index in [2.05, 4.69) is 33.0 Å². The van der Waals surface area contributed by atoms with Crippen LogP contribution in [0.4, 0.5) is 5.95 Å². The van der Waals surface area contributed by atoms with Crippen LogP contribution in [0.25, 0.3) is 11.2 Å². The molecule has 0 spiro atoms. The summed E-state index contributed by atoms with van der Waals surface area (Å²) in [5.74, 6) is 0.760. The average molecular weight is 418 g/mol. The SMILES string of the molecule is Cn1c(=O)c2c(nc3n2CCCCN3Cc2cccc(Br)c2)n(C)c1=O. The molecule has 1 aliphatic rings. The van der Waals surface area contributed by atoms with Crippen molar-refractivity contribution in [2.45, 2.75) is 25.9 Å². The maximum Gasteiger partial charge on any atom is 0.332 e. The third-order valence-corrected chi connectivity index (χ3v) is 5.43. The van der Waals surface area contributed by atoms with Crippen molar-refractivity contribution < 1.29 is 0 Å². The molecule has 136 valence electrons. The highest BCUT2D eigenvalue weighted by Crippen LogP contribution is 2.25. The molecule has 0 unspecified atom stereocenters. The Morgan fingerprint density at radius 3 is 2.65 bits per heavy atom. The zero-order valence-electron chi connectivity index (χ0n) is 14.8. The van der Waals surface area contributed by atoms with E-state index in [0.717, 1.165) is 40.9 Å². The molecular weight excluding hydrogens is 398 g/mol. The molecule has 0 bridgehead atoms. The number of benzene rings is 1. The van der Waals surface area contributed by atoms with Crippen LogP contribution in [0.3, 0.4) is 0 Å². The molecule has 0 saturated carbocycles. The van der Waals surface area contributed by atoms with Crippen LogP contribution < -0.4 is 16.1 Å². The summed E-state index contributed by atoms with van der Waals surface area (Å²) in [6.07, 6.45) is 2.00. The van der Waals surface area contributed by atoms with Crippen molar-refractivity contribution in [2.24, 2.45) is 14.1 Å². The first-order chi connectivity index (χ1) is 12.5. The molecule has 1 aliphatic heterocycles. The van der Waals surface area contributed by atoms with Gasteiger partial charge in [-0.1, -0.05) is 28.1 Å². The van der Waals surface area contributed by atoms with Gasteiger partial charge in [0.15, 0.2) is 11.2 Å². The van der Waals surface area contributed by atoms with Crippen LogP contribution in [0, 0.1) is 0 Å². The lowest BCUT2D eigenvalue weighted by atomic mass is 10.2. The Bertz CT molecular complexity index is 1110. The summed E-state index contributed by atoms with van der Waals surface area (Å²) in [4.78, 5) is 31.9. The van der Waals surface area contributed by atoms with Crippen molar-refractivity contribution in [3.63, 3.8) is 0 Å². The van der Waals surface area contributed by atoms with Gasteiger partial charge < -0.3 is 9.47 Å². The smallest absolute Gasteiger partial charge is 0.332 e. The first-order valence-corrected chi connectivity index (χ1v) is 9.42. The summed E-state index contributed by atoms with van der Waals surface area (Å²) in [5.41, 5.74) is 1.49. The van der Waals surface area contributed by atoms with Crippen molar-refractivity contribution in [1.82, 2.24) is 18.7 Å². The second-order valence-electron chi connectivity index (χ2n) is 6.70. The molecule has 0 atom stereocenters. The van der Waals surface area contributed by atoms with E-state index in [1.807, 2.05) is 16.7 Å². The molecule has 1 aromatic carbocycles. The van der Waals surface area contributed by atoms with E-state index in [9.17, 15) is 9.59 Å². The minimum atomic E-state index is -0.353. The maximum atomic E-state index is 12.7.